The number of fused-ring (bicyclic) bond motifs is 2. The number of likely N-dealkylation sites (tertiary alicyclic amines) is 2. The molecule has 0 aliphatic carbocycles. The molecular weight excluding hydrogens is 549 g/mol. The molecule has 2 unspecified atom stereocenters. The lowest BCUT2D eigenvalue weighted by atomic mass is 9.89. The van der Waals surface area contributed by atoms with Crippen molar-refractivity contribution in [1.29, 1.82) is 0 Å². The Hall–Kier alpha value is -3.37. The number of aromatic nitrogens is 2. The van der Waals surface area contributed by atoms with Gasteiger partial charge in [-0.2, -0.15) is 0 Å². The molecule has 2 atom stereocenters. The van der Waals surface area contributed by atoms with Gasteiger partial charge in [0.15, 0.2) is 11.5 Å². The highest BCUT2D eigenvalue weighted by atomic mass is 35.5. The summed E-state index contributed by atoms with van der Waals surface area (Å²) in [5.74, 6) is 2.32. The van der Waals surface area contributed by atoms with Crippen molar-refractivity contribution in [2.45, 2.75) is 39.2 Å². The largest absolute Gasteiger partial charge is 0.493 e. The fraction of sp³-hybridized carbons (Fsp3) is 0.500. The Kier molecular flexibility index (Phi) is 8.70. The number of piperidine rings is 1. The van der Waals surface area contributed by atoms with Crippen molar-refractivity contribution >= 4 is 40.1 Å². The fourth-order valence-electron chi connectivity index (χ4n) is 5.56. The molecule has 0 saturated carbocycles. The zero-order valence-corrected chi connectivity index (χ0v) is 24.7. The molecule has 5 rings (SSSR count). The molecule has 0 bridgehead atoms. The van der Waals surface area contributed by atoms with E-state index in [1.165, 1.54) is 18.5 Å². The highest BCUT2D eigenvalue weighted by Crippen LogP contribution is 2.36. The van der Waals surface area contributed by atoms with Crippen molar-refractivity contribution in [3.05, 3.63) is 47.5 Å². The topological polar surface area (TPSA) is 89.1 Å². The molecule has 11 heteroatoms. The lowest BCUT2D eigenvalue weighted by molar-refractivity contribution is 0.0139. The number of amides is 1. The minimum Gasteiger partial charge on any atom is -0.493 e. The van der Waals surface area contributed by atoms with Gasteiger partial charge in [0.1, 0.15) is 23.6 Å². The number of halogens is 2. The number of carbonyl (C=O) groups excluding carboxylic acids is 1. The number of nitrogens with zero attached hydrogens (tertiary/aromatic N) is 4. The van der Waals surface area contributed by atoms with Crippen LogP contribution in [0.5, 0.6) is 11.5 Å². The first-order chi connectivity index (χ1) is 19.6. The summed E-state index contributed by atoms with van der Waals surface area (Å²) in [5, 5.41) is 3.95. The number of rotatable bonds is 8. The number of anilines is 2. The van der Waals surface area contributed by atoms with Crippen LogP contribution >= 0.6 is 11.6 Å². The van der Waals surface area contributed by atoms with Crippen molar-refractivity contribution in [2.24, 2.45) is 11.8 Å². The number of hydrogen-bond acceptors (Lipinski definition) is 8. The van der Waals surface area contributed by atoms with Crippen LogP contribution in [0.25, 0.3) is 10.9 Å². The van der Waals surface area contributed by atoms with Crippen LogP contribution in [0.1, 0.15) is 33.6 Å². The molecule has 0 radical (unpaired) electrons. The smallest absolute Gasteiger partial charge is 0.410 e. The second kappa shape index (κ2) is 12.2. The molecule has 2 saturated heterocycles. The summed E-state index contributed by atoms with van der Waals surface area (Å²) in [6.07, 6.45) is 3.10. The van der Waals surface area contributed by atoms with E-state index >= 15 is 0 Å². The predicted molar refractivity (Wildman–Crippen MR) is 157 cm³/mol. The summed E-state index contributed by atoms with van der Waals surface area (Å²) in [6, 6.07) is 8.08. The average Bonchev–Trinajstić information content (AvgIpc) is 3.34. The van der Waals surface area contributed by atoms with Gasteiger partial charge in [-0.1, -0.05) is 11.6 Å². The van der Waals surface area contributed by atoms with E-state index < -0.39 is 11.4 Å². The van der Waals surface area contributed by atoms with Gasteiger partial charge in [-0.05, 0) is 69.7 Å². The van der Waals surface area contributed by atoms with E-state index in [1.807, 2.05) is 37.8 Å². The van der Waals surface area contributed by atoms with Crippen LogP contribution < -0.4 is 14.8 Å². The molecule has 1 aromatic heterocycles. The van der Waals surface area contributed by atoms with E-state index in [-0.39, 0.29) is 11.1 Å². The molecule has 3 heterocycles. The summed E-state index contributed by atoms with van der Waals surface area (Å²) in [7, 11) is 1.60. The molecule has 41 heavy (non-hydrogen) atoms. The molecule has 2 aliphatic rings. The third-order valence-electron chi connectivity index (χ3n) is 7.51. The standard InChI is InChI=1S/C30H37ClFN5O4/c1-30(2,3)41-29(38)37-10-8-19-15-36(16-20(19)17-37)9-5-11-40-27-13-22-25(14-26(27)39-4)33-18-34-28(22)35-21-6-7-24(32)23(31)12-21/h6-7,12-14,18-20H,5,8-11,15-17H2,1-4H3,(H,33,34,35). The second-order valence-corrected chi connectivity index (χ2v) is 12.1. The van der Waals surface area contributed by atoms with Crippen LogP contribution in [-0.2, 0) is 4.74 Å². The SMILES string of the molecule is COc1cc2ncnc(Nc3ccc(F)c(Cl)c3)c2cc1OCCCN1CC2CCN(C(=O)OC(C)(C)C)CC2C1. The Balaban J connectivity index is 1.17. The zero-order chi connectivity index (χ0) is 29.1. The first kappa shape index (κ1) is 29.1. The van der Waals surface area contributed by atoms with Crippen LogP contribution in [0.4, 0.5) is 20.7 Å². The summed E-state index contributed by atoms with van der Waals surface area (Å²) >= 11 is 5.95. The van der Waals surface area contributed by atoms with E-state index in [9.17, 15) is 9.18 Å². The Morgan fingerprint density at radius 3 is 2.68 bits per heavy atom. The second-order valence-electron chi connectivity index (χ2n) is 11.7. The van der Waals surface area contributed by atoms with Gasteiger partial charge < -0.3 is 29.3 Å². The summed E-state index contributed by atoms with van der Waals surface area (Å²) in [6.45, 7) is 10.7. The maximum Gasteiger partial charge on any atom is 0.410 e. The molecule has 2 aromatic carbocycles. The lowest BCUT2D eigenvalue weighted by Gasteiger charge is -2.35. The van der Waals surface area contributed by atoms with Crippen molar-refractivity contribution in [3.8, 4) is 11.5 Å². The van der Waals surface area contributed by atoms with Gasteiger partial charge in [-0.15, -0.1) is 0 Å². The summed E-state index contributed by atoms with van der Waals surface area (Å²) in [5.41, 5.74) is 0.806. The van der Waals surface area contributed by atoms with Crippen molar-refractivity contribution in [1.82, 2.24) is 19.8 Å². The fourth-order valence-corrected chi connectivity index (χ4v) is 5.74. The van der Waals surface area contributed by atoms with Crippen LogP contribution in [0, 0.1) is 17.7 Å². The Bertz CT molecular complexity index is 1400. The van der Waals surface area contributed by atoms with E-state index in [0.29, 0.717) is 47.0 Å². The normalized spacial score (nSPS) is 19.2. The van der Waals surface area contributed by atoms with E-state index in [0.717, 1.165) is 51.0 Å². The first-order valence-electron chi connectivity index (χ1n) is 14.0. The van der Waals surface area contributed by atoms with Gasteiger partial charge in [0.25, 0.3) is 0 Å². The molecular formula is C30H37ClFN5O4. The highest BCUT2D eigenvalue weighted by molar-refractivity contribution is 6.31. The molecule has 9 nitrogen and oxygen atoms in total. The Morgan fingerprint density at radius 1 is 1.12 bits per heavy atom. The summed E-state index contributed by atoms with van der Waals surface area (Å²) in [4.78, 5) is 25.6. The van der Waals surface area contributed by atoms with Crippen molar-refractivity contribution in [3.63, 3.8) is 0 Å². The molecule has 1 N–H and O–H groups in total. The molecule has 220 valence electrons. The molecule has 2 aliphatic heterocycles. The van der Waals surface area contributed by atoms with E-state index in [4.69, 9.17) is 25.8 Å². The van der Waals surface area contributed by atoms with Gasteiger partial charge in [0.2, 0.25) is 0 Å². The van der Waals surface area contributed by atoms with Crippen LogP contribution in [0.3, 0.4) is 0 Å². The van der Waals surface area contributed by atoms with Gasteiger partial charge in [0, 0.05) is 49.9 Å². The predicted octanol–water partition coefficient (Wildman–Crippen LogP) is 6.13. The molecule has 1 amide bonds. The summed E-state index contributed by atoms with van der Waals surface area (Å²) < 4.78 is 30.9. The zero-order valence-electron chi connectivity index (χ0n) is 24.0. The Labute approximate surface area is 244 Å². The quantitative estimate of drug-likeness (QED) is 0.316. The highest BCUT2D eigenvalue weighted by Gasteiger charge is 2.39. The van der Waals surface area contributed by atoms with Crippen LogP contribution in [-0.4, -0.2) is 77.9 Å². The molecule has 0 spiro atoms. The minimum absolute atomic E-state index is 0.0247. The van der Waals surface area contributed by atoms with E-state index in [1.54, 1.807) is 13.2 Å². The van der Waals surface area contributed by atoms with Crippen LogP contribution in [0.2, 0.25) is 5.02 Å². The van der Waals surface area contributed by atoms with Crippen molar-refractivity contribution in [2.75, 3.05) is 51.8 Å². The van der Waals surface area contributed by atoms with Gasteiger partial charge in [-0.3, -0.25) is 0 Å². The maximum absolute atomic E-state index is 13.6. The first-order valence-corrected chi connectivity index (χ1v) is 14.4. The minimum atomic E-state index is -0.486. The number of hydrogen-bond donors (Lipinski definition) is 1. The maximum atomic E-state index is 13.6. The van der Waals surface area contributed by atoms with E-state index in [2.05, 4.69) is 20.2 Å². The third kappa shape index (κ3) is 7.11. The number of ether oxygens (including phenoxy) is 3. The third-order valence-corrected chi connectivity index (χ3v) is 7.80. The number of methoxy groups -OCH3 is 1. The monoisotopic (exact) mass is 585 g/mol. The van der Waals surface area contributed by atoms with Gasteiger partial charge in [-0.25, -0.2) is 19.2 Å². The van der Waals surface area contributed by atoms with Gasteiger partial charge in [0.05, 0.1) is 24.3 Å². The van der Waals surface area contributed by atoms with Crippen LogP contribution in [0.15, 0.2) is 36.7 Å². The number of benzene rings is 2. The number of nitrogens with one attached hydrogen (secondary N) is 1. The van der Waals surface area contributed by atoms with Crippen molar-refractivity contribution < 1.29 is 23.4 Å². The molecule has 2 fully saturated rings. The molecule has 3 aromatic rings. The average molecular weight is 586 g/mol. The Morgan fingerprint density at radius 2 is 1.93 bits per heavy atom. The van der Waals surface area contributed by atoms with Gasteiger partial charge >= 0.3 is 6.09 Å². The number of carbonyl (C=O) groups is 1. The lowest BCUT2D eigenvalue weighted by Crippen LogP contribution is -2.45.